The molecule has 1 unspecified atom stereocenters. The zero-order valence-corrected chi connectivity index (χ0v) is 11.1. The molecule has 0 spiro atoms. The monoisotopic (exact) mass is 271 g/mol. The molecule has 1 N–H and O–H groups in total. The molecule has 0 saturated carbocycles. The molecular formula is C12H18BrNO. The van der Waals surface area contributed by atoms with Crippen LogP contribution in [-0.4, -0.2) is 14.2 Å². The molecular weight excluding hydrogens is 254 g/mol. The molecule has 1 rings (SSSR count). The maximum Gasteiger partial charge on any atom is 0.123 e. The molecule has 0 aliphatic rings. The van der Waals surface area contributed by atoms with Crippen LogP contribution >= 0.6 is 15.9 Å². The van der Waals surface area contributed by atoms with Gasteiger partial charge in [-0.25, -0.2) is 0 Å². The summed E-state index contributed by atoms with van der Waals surface area (Å²) in [5, 5.41) is 3.32. The van der Waals surface area contributed by atoms with Gasteiger partial charge in [0.1, 0.15) is 5.75 Å². The highest BCUT2D eigenvalue weighted by Crippen LogP contribution is 2.30. The molecule has 2 nitrogen and oxygen atoms in total. The molecule has 0 aliphatic carbocycles. The first-order chi connectivity index (χ1) is 7.22. The Morgan fingerprint density at radius 3 is 2.73 bits per heavy atom. The molecule has 1 atom stereocenters. The molecule has 1 aromatic rings. The summed E-state index contributed by atoms with van der Waals surface area (Å²) in [6.07, 6.45) is 2.27. The minimum absolute atomic E-state index is 0.363. The highest BCUT2D eigenvalue weighted by Gasteiger charge is 2.13. The average Bonchev–Trinajstić information content (AvgIpc) is 2.26. The predicted molar refractivity (Wildman–Crippen MR) is 67.4 cm³/mol. The van der Waals surface area contributed by atoms with Crippen molar-refractivity contribution in [2.24, 2.45) is 0 Å². The van der Waals surface area contributed by atoms with Crippen molar-refractivity contribution in [3.8, 4) is 5.75 Å². The molecule has 0 radical (unpaired) electrons. The molecule has 0 bridgehead atoms. The van der Waals surface area contributed by atoms with Gasteiger partial charge in [0.05, 0.1) is 7.11 Å². The molecule has 0 amide bonds. The number of rotatable bonds is 5. The summed E-state index contributed by atoms with van der Waals surface area (Å²) in [7, 11) is 3.70. The van der Waals surface area contributed by atoms with Crippen molar-refractivity contribution in [3.63, 3.8) is 0 Å². The second-order valence-electron chi connectivity index (χ2n) is 3.52. The van der Waals surface area contributed by atoms with Crippen LogP contribution in [0.15, 0.2) is 22.7 Å². The van der Waals surface area contributed by atoms with Crippen molar-refractivity contribution in [2.75, 3.05) is 14.2 Å². The van der Waals surface area contributed by atoms with Gasteiger partial charge in [0.15, 0.2) is 0 Å². The number of hydrogen-bond acceptors (Lipinski definition) is 2. The van der Waals surface area contributed by atoms with Crippen LogP contribution in [0.5, 0.6) is 5.75 Å². The van der Waals surface area contributed by atoms with Crippen molar-refractivity contribution in [3.05, 3.63) is 28.2 Å². The van der Waals surface area contributed by atoms with Gasteiger partial charge in [-0.05, 0) is 31.7 Å². The summed E-state index contributed by atoms with van der Waals surface area (Å²) < 4.78 is 6.46. The van der Waals surface area contributed by atoms with E-state index in [-0.39, 0.29) is 0 Å². The van der Waals surface area contributed by atoms with Gasteiger partial charge >= 0.3 is 0 Å². The molecule has 0 aromatic heterocycles. The first kappa shape index (κ1) is 12.5. The third kappa shape index (κ3) is 3.21. The van der Waals surface area contributed by atoms with Crippen molar-refractivity contribution in [1.82, 2.24) is 5.32 Å². The smallest absolute Gasteiger partial charge is 0.123 e. The Labute approximate surface area is 100 Å². The van der Waals surface area contributed by atoms with Crippen LogP contribution in [0.2, 0.25) is 0 Å². The van der Waals surface area contributed by atoms with Crippen molar-refractivity contribution >= 4 is 15.9 Å². The zero-order chi connectivity index (χ0) is 11.3. The molecule has 0 aliphatic heterocycles. The fourth-order valence-electron chi connectivity index (χ4n) is 1.72. The molecule has 0 heterocycles. The summed E-state index contributed by atoms with van der Waals surface area (Å²) in [6, 6.07) is 6.48. The van der Waals surface area contributed by atoms with Crippen LogP contribution in [0.1, 0.15) is 31.4 Å². The minimum atomic E-state index is 0.363. The van der Waals surface area contributed by atoms with E-state index in [0.29, 0.717) is 6.04 Å². The Bertz CT molecular complexity index is 314. The van der Waals surface area contributed by atoms with Crippen LogP contribution in [0.3, 0.4) is 0 Å². The average molecular weight is 272 g/mol. The number of halogens is 1. The van der Waals surface area contributed by atoms with Crippen LogP contribution < -0.4 is 10.1 Å². The molecule has 3 heteroatoms. The first-order valence-electron chi connectivity index (χ1n) is 5.23. The number of ether oxygens (including phenoxy) is 1. The molecule has 0 saturated heterocycles. The fourth-order valence-corrected chi connectivity index (χ4v) is 2.10. The topological polar surface area (TPSA) is 21.3 Å². The van der Waals surface area contributed by atoms with Crippen molar-refractivity contribution in [1.29, 1.82) is 0 Å². The second kappa shape index (κ2) is 6.13. The SMILES string of the molecule is CCCC(NC)c1cc(Br)ccc1OC. The van der Waals surface area contributed by atoms with Crippen molar-refractivity contribution in [2.45, 2.75) is 25.8 Å². The number of nitrogens with one attached hydrogen (secondary N) is 1. The van der Waals surface area contributed by atoms with Gasteiger partial charge in [0.2, 0.25) is 0 Å². The molecule has 0 fully saturated rings. The fraction of sp³-hybridized carbons (Fsp3) is 0.500. The maximum atomic E-state index is 5.37. The van der Waals surface area contributed by atoms with Gasteiger partial charge in [-0.15, -0.1) is 0 Å². The Balaban J connectivity index is 3.02. The Morgan fingerprint density at radius 1 is 1.47 bits per heavy atom. The lowest BCUT2D eigenvalue weighted by molar-refractivity contribution is 0.398. The minimum Gasteiger partial charge on any atom is -0.496 e. The van der Waals surface area contributed by atoms with Crippen LogP contribution in [0.25, 0.3) is 0 Å². The summed E-state index contributed by atoms with van der Waals surface area (Å²) in [5.41, 5.74) is 1.22. The largest absolute Gasteiger partial charge is 0.496 e. The Hall–Kier alpha value is -0.540. The van der Waals surface area contributed by atoms with E-state index in [1.54, 1.807) is 7.11 Å². The third-order valence-electron chi connectivity index (χ3n) is 2.49. The molecule has 1 aromatic carbocycles. The van der Waals surface area contributed by atoms with Gasteiger partial charge < -0.3 is 10.1 Å². The van der Waals surface area contributed by atoms with Crippen LogP contribution in [0.4, 0.5) is 0 Å². The van der Waals surface area contributed by atoms with Gasteiger partial charge in [0.25, 0.3) is 0 Å². The van der Waals surface area contributed by atoms with Gasteiger partial charge in [-0.2, -0.15) is 0 Å². The summed E-state index contributed by atoms with van der Waals surface area (Å²) >= 11 is 3.49. The number of benzene rings is 1. The van der Waals surface area contributed by atoms with E-state index in [0.717, 1.165) is 23.1 Å². The van der Waals surface area contributed by atoms with E-state index < -0.39 is 0 Å². The van der Waals surface area contributed by atoms with Crippen LogP contribution in [0, 0.1) is 0 Å². The van der Waals surface area contributed by atoms with E-state index in [9.17, 15) is 0 Å². The van der Waals surface area contributed by atoms with Crippen LogP contribution in [-0.2, 0) is 0 Å². The Morgan fingerprint density at radius 2 is 2.20 bits per heavy atom. The van der Waals surface area contributed by atoms with Crippen molar-refractivity contribution < 1.29 is 4.74 Å². The quantitative estimate of drug-likeness (QED) is 0.885. The third-order valence-corrected chi connectivity index (χ3v) is 2.99. The van der Waals surface area contributed by atoms with Gasteiger partial charge in [0, 0.05) is 16.1 Å². The number of methoxy groups -OCH3 is 1. The first-order valence-corrected chi connectivity index (χ1v) is 6.03. The summed E-state index contributed by atoms with van der Waals surface area (Å²) in [6.45, 7) is 2.19. The summed E-state index contributed by atoms with van der Waals surface area (Å²) in [4.78, 5) is 0. The molecule has 15 heavy (non-hydrogen) atoms. The lowest BCUT2D eigenvalue weighted by atomic mass is 10.0. The lowest BCUT2D eigenvalue weighted by Gasteiger charge is -2.19. The van der Waals surface area contributed by atoms with E-state index >= 15 is 0 Å². The van der Waals surface area contributed by atoms with E-state index in [1.165, 1.54) is 5.56 Å². The maximum absolute atomic E-state index is 5.37. The zero-order valence-electron chi connectivity index (χ0n) is 9.51. The Kier molecular flexibility index (Phi) is 5.12. The second-order valence-corrected chi connectivity index (χ2v) is 4.43. The van der Waals surface area contributed by atoms with E-state index in [2.05, 4.69) is 34.2 Å². The highest BCUT2D eigenvalue weighted by atomic mass is 79.9. The molecule has 84 valence electrons. The van der Waals surface area contributed by atoms with Gasteiger partial charge in [-0.3, -0.25) is 0 Å². The predicted octanol–water partition coefficient (Wildman–Crippen LogP) is 3.52. The van der Waals surface area contributed by atoms with E-state index in [1.807, 2.05) is 19.2 Å². The lowest BCUT2D eigenvalue weighted by Crippen LogP contribution is -2.16. The number of hydrogen-bond donors (Lipinski definition) is 1. The normalized spacial score (nSPS) is 12.5. The highest BCUT2D eigenvalue weighted by molar-refractivity contribution is 9.10. The standard InChI is InChI=1S/C12H18BrNO/c1-4-5-11(14-2)10-8-9(13)6-7-12(10)15-3/h6-8,11,14H,4-5H2,1-3H3. The van der Waals surface area contributed by atoms with E-state index in [4.69, 9.17) is 4.74 Å². The van der Waals surface area contributed by atoms with Gasteiger partial charge in [-0.1, -0.05) is 29.3 Å². The summed E-state index contributed by atoms with van der Waals surface area (Å²) in [5.74, 6) is 0.950.